The molecule has 4 aliphatic heterocycles. The maximum absolute atomic E-state index is 14.3. The highest BCUT2D eigenvalue weighted by Gasteiger charge is 2.50. The number of carbonyl (C=O) groups is 5. The van der Waals surface area contributed by atoms with E-state index in [2.05, 4.69) is 26.8 Å². The Hall–Kier alpha value is -8.38. The highest BCUT2D eigenvalue weighted by atomic mass is 19.4. The van der Waals surface area contributed by atoms with Crippen molar-refractivity contribution >= 4 is 41.1 Å². The molecule has 1 N–H and O–H groups in total. The fourth-order valence-corrected chi connectivity index (χ4v) is 15.2. The van der Waals surface area contributed by atoms with Gasteiger partial charge in [-0.25, -0.2) is 9.18 Å². The number of benzene rings is 6. The van der Waals surface area contributed by atoms with E-state index in [1.54, 1.807) is 23.9 Å². The number of fused-ring (bicyclic) bond motifs is 3. The van der Waals surface area contributed by atoms with E-state index in [9.17, 15) is 59.8 Å². The lowest BCUT2D eigenvalue weighted by Crippen LogP contribution is -2.50. The second-order valence-electron chi connectivity index (χ2n) is 27.2. The molecule has 11 rings (SSSR count). The maximum Gasteiger partial charge on any atom is 0.416 e. The second kappa shape index (κ2) is 31.0. The molecule has 1 spiro atoms. The average molecular weight is 1370 g/mol. The van der Waals surface area contributed by atoms with E-state index in [0.717, 1.165) is 91.2 Å². The van der Waals surface area contributed by atoms with Crippen LogP contribution in [0.15, 0.2) is 140 Å². The first-order chi connectivity index (χ1) is 47.4. The normalized spacial score (nSPS) is 18.7. The fourth-order valence-electron chi connectivity index (χ4n) is 15.2. The summed E-state index contributed by atoms with van der Waals surface area (Å²) in [6.45, 7) is 6.23. The summed E-state index contributed by atoms with van der Waals surface area (Å²) in [6.07, 6.45) is -3.44. The molecule has 528 valence electrons. The van der Waals surface area contributed by atoms with E-state index in [-0.39, 0.29) is 55.5 Å². The molecule has 5 amide bonds. The lowest BCUT2D eigenvalue weighted by atomic mass is 9.72. The van der Waals surface area contributed by atoms with Crippen LogP contribution in [0.4, 0.5) is 46.9 Å². The summed E-state index contributed by atoms with van der Waals surface area (Å²) >= 11 is 0. The number of rotatable bonds is 25. The van der Waals surface area contributed by atoms with Crippen molar-refractivity contribution in [3.8, 4) is 11.1 Å². The number of alkyl halides is 6. The smallest absolute Gasteiger partial charge is 0.416 e. The molecular weight excluding hydrogens is 1290 g/mol. The van der Waals surface area contributed by atoms with E-state index >= 15 is 0 Å². The Morgan fingerprint density at radius 2 is 1.29 bits per heavy atom. The molecule has 0 radical (unpaired) electrons. The molecule has 1 aliphatic carbocycles. The number of unbranched alkanes of at least 4 members (excludes halogenated alkanes) is 2. The number of hydrogen-bond acceptors (Lipinski definition) is 10. The van der Waals surface area contributed by atoms with Gasteiger partial charge in [0, 0.05) is 120 Å². The predicted octanol–water partition coefficient (Wildman–Crippen LogP) is 12.9. The number of piperidine rings is 2. The van der Waals surface area contributed by atoms with Gasteiger partial charge >= 0.3 is 18.4 Å². The minimum atomic E-state index is -5.15. The molecule has 2 atom stereocenters. The first-order valence-electron chi connectivity index (χ1n) is 34.3. The van der Waals surface area contributed by atoms with Crippen molar-refractivity contribution in [2.45, 2.75) is 113 Å². The van der Waals surface area contributed by atoms with Crippen molar-refractivity contribution in [2.24, 2.45) is 0 Å². The summed E-state index contributed by atoms with van der Waals surface area (Å²) in [5.41, 5.74) is 2.54. The van der Waals surface area contributed by atoms with Crippen LogP contribution in [0.1, 0.15) is 118 Å². The molecule has 0 unspecified atom stereocenters. The van der Waals surface area contributed by atoms with Gasteiger partial charge in [0.25, 0.3) is 11.8 Å². The quantitative estimate of drug-likeness (QED) is 0.0431. The van der Waals surface area contributed by atoms with Gasteiger partial charge in [-0.1, -0.05) is 91.3 Å². The van der Waals surface area contributed by atoms with Gasteiger partial charge < -0.3 is 48.9 Å². The Morgan fingerprint density at radius 1 is 0.636 bits per heavy atom. The van der Waals surface area contributed by atoms with E-state index < -0.39 is 64.6 Å². The number of halogens is 7. The first-order valence-corrected chi connectivity index (χ1v) is 34.3. The topological polar surface area (TPSA) is 150 Å². The number of carbonyl (C=O) groups excluding carboxylic acids is 4. The lowest BCUT2D eigenvalue weighted by Gasteiger charge is -2.44. The number of anilines is 2. The third-order valence-electron chi connectivity index (χ3n) is 20.9. The molecule has 0 aromatic heterocycles. The van der Waals surface area contributed by atoms with Gasteiger partial charge in [0.2, 0.25) is 11.8 Å². The molecule has 99 heavy (non-hydrogen) atoms. The zero-order chi connectivity index (χ0) is 70.2. The highest BCUT2D eigenvalue weighted by molar-refractivity contribution is 5.96. The summed E-state index contributed by atoms with van der Waals surface area (Å²) in [6, 6.07) is 37.7. The van der Waals surface area contributed by atoms with Crippen LogP contribution in [0.25, 0.3) is 11.1 Å². The summed E-state index contributed by atoms with van der Waals surface area (Å²) in [5, 5.41) is 10.4. The van der Waals surface area contributed by atoms with Gasteiger partial charge in [0.15, 0.2) is 0 Å². The van der Waals surface area contributed by atoms with E-state index in [4.69, 9.17) is 9.47 Å². The number of likely N-dealkylation sites (N-methyl/N-ethyl adjacent to an activating group) is 2. The molecule has 16 nitrogen and oxygen atoms in total. The van der Waals surface area contributed by atoms with E-state index in [0.29, 0.717) is 113 Å². The van der Waals surface area contributed by atoms with Gasteiger partial charge in [0.05, 0.1) is 29.5 Å². The maximum atomic E-state index is 14.3. The van der Waals surface area contributed by atoms with Crippen LogP contribution in [0, 0.1) is 5.82 Å². The number of hydrogen-bond donors (Lipinski definition) is 1. The van der Waals surface area contributed by atoms with Gasteiger partial charge in [-0.3, -0.25) is 24.1 Å². The standard InChI is InChI=1S/C76H87F7N8O8/c1-84(34-14-35-86(3)70(94)56-22-27-65-55(45-56)28-39-89(65)36-13-5-8-21-68(92)85(2)43-44-87-37-29-62(30-38-87)91(72(96)97)66-20-12-10-18-63(66)53-15-6-4-7-16-53)69(93)50-98-67-48-54-17-9-11-19-64(54)73(67)31-40-88(41-32-73)42-33-74(58-23-25-61(77)26-24-58)51-90(52-99-74)71(95)57-46-59(75(78,79)80)49-60(47-57)76(81,82)83/h4,6-7,9-12,15-20,22-27,45-47,49,62,67H,5,8,13-14,21,28-44,48,50-52H2,1-3H3,(H,96,97)/t67-,74-/m0/s1. The van der Waals surface area contributed by atoms with Gasteiger partial charge in [-0.2, -0.15) is 26.3 Å². The lowest BCUT2D eigenvalue weighted by molar-refractivity contribution is -0.143. The van der Waals surface area contributed by atoms with Gasteiger partial charge in [-0.15, -0.1) is 0 Å². The second-order valence-corrected chi connectivity index (χ2v) is 27.2. The van der Waals surface area contributed by atoms with Crippen molar-refractivity contribution in [3.63, 3.8) is 0 Å². The molecule has 6 aromatic carbocycles. The fraction of sp³-hybridized carbons (Fsp3) is 0.461. The molecule has 0 saturated carbocycles. The number of likely N-dealkylation sites (tertiary alicyclic amines) is 2. The Balaban J connectivity index is 0.590. The largest absolute Gasteiger partial charge is 0.465 e. The summed E-state index contributed by atoms with van der Waals surface area (Å²) < 4.78 is 110. The van der Waals surface area contributed by atoms with Crippen molar-refractivity contribution < 1.29 is 69.3 Å². The first kappa shape index (κ1) is 71.9. The van der Waals surface area contributed by atoms with Gasteiger partial charge in [-0.05, 0) is 160 Å². The van der Waals surface area contributed by atoms with Crippen LogP contribution >= 0.6 is 0 Å². The van der Waals surface area contributed by atoms with Crippen LogP contribution in [-0.2, 0) is 55.3 Å². The molecule has 3 fully saturated rings. The van der Waals surface area contributed by atoms with Crippen molar-refractivity contribution in [1.82, 2.24) is 29.4 Å². The average Bonchev–Trinajstić information content (AvgIpc) is 1.61. The predicted molar refractivity (Wildman–Crippen MR) is 363 cm³/mol. The Kier molecular flexibility index (Phi) is 22.5. The number of amides is 5. The van der Waals surface area contributed by atoms with Crippen LogP contribution in [0.2, 0.25) is 0 Å². The molecule has 23 heteroatoms. The molecular formula is C76H87F7N8O8. The molecule has 4 heterocycles. The minimum Gasteiger partial charge on any atom is -0.465 e. The Bertz CT molecular complexity index is 3790. The number of nitrogens with zero attached hydrogens (tertiary/aromatic N) is 8. The van der Waals surface area contributed by atoms with E-state index in [1.807, 2.05) is 96.9 Å². The monoisotopic (exact) mass is 1370 g/mol. The Labute approximate surface area is 573 Å². The van der Waals surface area contributed by atoms with Crippen LogP contribution in [-0.4, -0.2) is 189 Å². The van der Waals surface area contributed by atoms with Crippen molar-refractivity contribution in [1.29, 1.82) is 0 Å². The SMILES string of the molecule is CN(CCN1CCC(N(C(=O)O)c2ccccc2-c2ccccc2)CC1)C(=O)CCCCCN1CCc2cc(C(=O)N(C)CCCN(C)C(=O)CO[C@H]3Cc4ccccc4C34CCN(CC[C@@]3(c5ccc(F)cc5)CN(C(=O)c5cc(C(F)(F)F)cc(C(F)(F)F)c5)CO3)CC4)ccc21. The van der Waals surface area contributed by atoms with Crippen LogP contribution in [0.3, 0.4) is 0 Å². The third kappa shape index (κ3) is 16.8. The zero-order valence-corrected chi connectivity index (χ0v) is 56.3. The number of ether oxygens (including phenoxy) is 2. The summed E-state index contributed by atoms with van der Waals surface area (Å²) in [5.74, 6) is -1.77. The zero-order valence-electron chi connectivity index (χ0n) is 56.3. The number of para-hydroxylation sites is 1. The van der Waals surface area contributed by atoms with Crippen molar-refractivity contribution in [2.75, 3.05) is 123 Å². The van der Waals surface area contributed by atoms with Crippen LogP contribution < -0.4 is 9.80 Å². The molecule has 6 aromatic rings. The highest BCUT2D eigenvalue weighted by Crippen LogP contribution is 2.49. The number of carboxylic acid groups (broad SMARTS) is 1. The molecule has 3 saturated heterocycles. The minimum absolute atomic E-state index is 0.0271. The van der Waals surface area contributed by atoms with E-state index in [1.165, 1.54) is 34.7 Å². The molecule has 0 bridgehead atoms. The van der Waals surface area contributed by atoms with Gasteiger partial charge in [0.1, 0.15) is 24.8 Å². The summed E-state index contributed by atoms with van der Waals surface area (Å²) in [4.78, 5) is 81.8. The summed E-state index contributed by atoms with van der Waals surface area (Å²) in [7, 11) is 5.36. The molecule has 5 aliphatic rings. The van der Waals surface area contributed by atoms with Crippen LogP contribution in [0.5, 0.6) is 0 Å². The Morgan fingerprint density at radius 3 is 2.00 bits per heavy atom. The third-order valence-corrected chi connectivity index (χ3v) is 20.9. The van der Waals surface area contributed by atoms with Crippen molar-refractivity contribution in [3.05, 3.63) is 190 Å².